The summed E-state index contributed by atoms with van der Waals surface area (Å²) in [6, 6.07) is 5.46. The molecule has 0 spiro atoms. The van der Waals surface area contributed by atoms with Gasteiger partial charge in [-0.1, -0.05) is 18.2 Å². The van der Waals surface area contributed by atoms with E-state index in [4.69, 9.17) is 0 Å². The molecule has 2 rings (SSSR count). The first-order valence-electron chi connectivity index (χ1n) is 7.58. The summed E-state index contributed by atoms with van der Waals surface area (Å²) in [4.78, 5) is 14.0. The lowest BCUT2D eigenvalue weighted by Gasteiger charge is -2.29. The second-order valence-corrected chi connectivity index (χ2v) is 5.53. The van der Waals surface area contributed by atoms with Crippen molar-refractivity contribution in [1.82, 2.24) is 10.2 Å². The van der Waals surface area contributed by atoms with Crippen LogP contribution in [0.15, 0.2) is 24.3 Å². The second kappa shape index (κ2) is 7.13. The fourth-order valence-corrected chi connectivity index (χ4v) is 2.81. The van der Waals surface area contributed by atoms with Crippen molar-refractivity contribution in [2.75, 3.05) is 19.6 Å². The molecule has 1 heterocycles. The van der Waals surface area contributed by atoms with Gasteiger partial charge in [0.15, 0.2) is 0 Å². The van der Waals surface area contributed by atoms with Gasteiger partial charge in [-0.2, -0.15) is 13.2 Å². The zero-order valence-corrected chi connectivity index (χ0v) is 12.6. The lowest BCUT2D eigenvalue weighted by molar-refractivity contribution is -0.141. The molecule has 1 aliphatic rings. The average Bonchev–Trinajstić information content (AvgIpc) is 2.52. The number of halogens is 3. The van der Waals surface area contributed by atoms with Crippen LogP contribution in [0.2, 0.25) is 0 Å². The van der Waals surface area contributed by atoms with Gasteiger partial charge in [-0.05, 0) is 44.5 Å². The molecule has 3 nitrogen and oxygen atoms in total. The first kappa shape index (κ1) is 16.8. The van der Waals surface area contributed by atoms with Gasteiger partial charge >= 0.3 is 6.18 Å². The topological polar surface area (TPSA) is 32.3 Å². The zero-order valence-electron chi connectivity index (χ0n) is 12.6. The van der Waals surface area contributed by atoms with Crippen LogP contribution >= 0.6 is 0 Å². The van der Waals surface area contributed by atoms with E-state index in [1.54, 1.807) is 13.0 Å². The molecule has 1 saturated heterocycles. The molecule has 0 aromatic heterocycles. The summed E-state index contributed by atoms with van der Waals surface area (Å²) in [5.74, 6) is -0.125. The maximum atomic E-state index is 13.0. The minimum absolute atomic E-state index is 0.00887. The largest absolute Gasteiger partial charge is 0.416 e. The van der Waals surface area contributed by atoms with Crippen molar-refractivity contribution < 1.29 is 18.0 Å². The minimum Gasteiger partial charge on any atom is -0.338 e. The molecule has 122 valence electrons. The van der Waals surface area contributed by atoms with Crippen LogP contribution in [0, 0.1) is 5.92 Å². The Morgan fingerprint density at radius 1 is 1.27 bits per heavy atom. The Bertz CT molecular complexity index is 510. The standard InChI is InChI=1S/C16H21F3N2O/c1-2-21(15(22)12-7-9-20-10-8-12)11-13-5-3-4-6-14(13)16(17,18)19/h3-6,12,20H,2,7-11H2,1H3. The Labute approximate surface area is 128 Å². The van der Waals surface area contributed by atoms with Crippen molar-refractivity contribution in [3.63, 3.8) is 0 Å². The van der Waals surface area contributed by atoms with Crippen molar-refractivity contribution in [2.45, 2.75) is 32.5 Å². The fraction of sp³-hybridized carbons (Fsp3) is 0.562. The van der Waals surface area contributed by atoms with Crippen LogP contribution in [0.4, 0.5) is 13.2 Å². The van der Waals surface area contributed by atoms with E-state index in [1.807, 2.05) is 0 Å². The first-order chi connectivity index (χ1) is 10.4. The molecular weight excluding hydrogens is 293 g/mol. The van der Waals surface area contributed by atoms with Crippen molar-refractivity contribution in [1.29, 1.82) is 0 Å². The molecule has 1 fully saturated rings. The zero-order chi connectivity index (χ0) is 16.2. The molecule has 0 radical (unpaired) electrons. The van der Waals surface area contributed by atoms with E-state index < -0.39 is 11.7 Å². The molecule has 1 aromatic rings. The Morgan fingerprint density at radius 2 is 1.91 bits per heavy atom. The Balaban J connectivity index is 2.15. The Kier molecular flexibility index (Phi) is 5.45. The highest BCUT2D eigenvalue weighted by Gasteiger charge is 2.34. The van der Waals surface area contributed by atoms with Gasteiger partial charge < -0.3 is 10.2 Å². The van der Waals surface area contributed by atoms with Crippen LogP contribution < -0.4 is 5.32 Å². The van der Waals surface area contributed by atoms with Crippen LogP contribution in [0.3, 0.4) is 0 Å². The monoisotopic (exact) mass is 314 g/mol. The summed E-state index contributed by atoms with van der Waals surface area (Å²) in [6.45, 7) is 3.79. The molecule has 6 heteroatoms. The molecule has 0 aliphatic carbocycles. The van der Waals surface area contributed by atoms with E-state index in [2.05, 4.69) is 5.32 Å². The van der Waals surface area contributed by atoms with Gasteiger partial charge in [0.2, 0.25) is 5.91 Å². The predicted molar refractivity (Wildman–Crippen MR) is 78.1 cm³/mol. The number of piperidine rings is 1. The summed E-state index contributed by atoms with van der Waals surface area (Å²) >= 11 is 0. The smallest absolute Gasteiger partial charge is 0.338 e. The van der Waals surface area contributed by atoms with Crippen LogP contribution in [0.1, 0.15) is 30.9 Å². The lowest BCUT2D eigenvalue weighted by atomic mass is 9.96. The minimum atomic E-state index is -4.40. The number of rotatable bonds is 4. The van der Waals surface area contributed by atoms with Gasteiger partial charge in [0.25, 0.3) is 0 Å². The lowest BCUT2D eigenvalue weighted by Crippen LogP contribution is -2.40. The predicted octanol–water partition coefficient (Wildman–Crippen LogP) is 3.05. The highest BCUT2D eigenvalue weighted by atomic mass is 19.4. The molecule has 1 amide bonds. The molecule has 0 saturated carbocycles. The van der Waals surface area contributed by atoms with E-state index in [0.29, 0.717) is 6.54 Å². The van der Waals surface area contributed by atoms with Gasteiger partial charge in [0.1, 0.15) is 0 Å². The summed E-state index contributed by atoms with van der Waals surface area (Å²) in [5, 5.41) is 3.19. The number of alkyl halides is 3. The highest BCUT2D eigenvalue weighted by molar-refractivity contribution is 5.79. The Hall–Kier alpha value is -1.56. The van der Waals surface area contributed by atoms with Gasteiger partial charge in [-0.25, -0.2) is 0 Å². The van der Waals surface area contributed by atoms with Gasteiger partial charge in [-0.15, -0.1) is 0 Å². The van der Waals surface area contributed by atoms with Crippen molar-refractivity contribution in [3.05, 3.63) is 35.4 Å². The quantitative estimate of drug-likeness (QED) is 0.926. The maximum Gasteiger partial charge on any atom is 0.416 e. The van der Waals surface area contributed by atoms with Crippen LogP contribution in [-0.2, 0) is 17.5 Å². The summed E-state index contributed by atoms with van der Waals surface area (Å²) in [7, 11) is 0. The Morgan fingerprint density at radius 3 is 2.50 bits per heavy atom. The summed E-state index contributed by atoms with van der Waals surface area (Å²) < 4.78 is 39.1. The van der Waals surface area contributed by atoms with Crippen LogP contribution in [0.25, 0.3) is 0 Å². The number of carbonyl (C=O) groups excluding carboxylic acids is 1. The first-order valence-corrected chi connectivity index (χ1v) is 7.58. The molecule has 1 aliphatic heterocycles. The average molecular weight is 314 g/mol. The molecule has 0 bridgehead atoms. The third-order valence-electron chi connectivity index (χ3n) is 4.07. The molecular formula is C16H21F3N2O. The normalized spacial score (nSPS) is 16.5. The third-order valence-corrected chi connectivity index (χ3v) is 4.07. The van der Waals surface area contributed by atoms with E-state index in [9.17, 15) is 18.0 Å². The number of benzene rings is 1. The van der Waals surface area contributed by atoms with E-state index in [1.165, 1.54) is 17.0 Å². The van der Waals surface area contributed by atoms with Gasteiger partial charge in [-0.3, -0.25) is 4.79 Å². The SMILES string of the molecule is CCN(Cc1ccccc1C(F)(F)F)C(=O)C1CCNCC1. The van der Waals surface area contributed by atoms with Crippen molar-refractivity contribution >= 4 is 5.91 Å². The molecule has 1 N–H and O–H groups in total. The molecule has 0 unspecified atom stereocenters. The number of hydrogen-bond acceptors (Lipinski definition) is 2. The number of amides is 1. The molecule has 1 aromatic carbocycles. The van der Waals surface area contributed by atoms with Crippen LogP contribution in [0.5, 0.6) is 0 Å². The van der Waals surface area contributed by atoms with E-state index >= 15 is 0 Å². The molecule has 22 heavy (non-hydrogen) atoms. The van der Waals surface area contributed by atoms with Crippen LogP contribution in [-0.4, -0.2) is 30.4 Å². The molecule has 0 atom stereocenters. The number of carbonyl (C=O) groups is 1. The fourth-order valence-electron chi connectivity index (χ4n) is 2.81. The van der Waals surface area contributed by atoms with Gasteiger partial charge in [0.05, 0.1) is 5.56 Å². The van der Waals surface area contributed by atoms with E-state index in [-0.39, 0.29) is 23.9 Å². The van der Waals surface area contributed by atoms with Crippen molar-refractivity contribution in [2.24, 2.45) is 5.92 Å². The summed E-state index contributed by atoms with van der Waals surface area (Å²) in [6.07, 6.45) is -2.90. The number of hydrogen-bond donors (Lipinski definition) is 1. The van der Waals surface area contributed by atoms with Crippen molar-refractivity contribution in [3.8, 4) is 0 Å². The highest BCUT2D eigenvalue weighted by Crippen LogP contribution is 2.32. The number of nitrogens with one attached hydrogen (secondary N) is 1. The summed E-state index contributed by atoms with van der Waals surface area (Å²) in [5.41, 5.74) is -0.509. The third kappa shape index (κ3) is 4.00. The second-order valence-electron chi connectivity index (χ2n) is 5.53. The van der Waals surface area contributed by atoms with E-state index in [0.717, 1.165) is 32.0 Å². The number of nitrogens with zero attached hydrogens (tertiary/aromatic N) is 1. The van der Waals surface area contributed by atoms with Gasteiger partial charge in [0, 0.05) is 19.0 Å². The maximum absolute atomic E-state index is 13.0.